The Hall–Kier alpha value is -3.15. The van der Waals surface area contributed by atoms with Gasteiger partial charge in [0.15, 0.2) is 0 Å². The molecule has 2 aromatic carbocycles. The Balaban J connectivity index is 1.87. The van der Waals surface area contributed by atoms with Gasteiger partial charge in [0.2, 0.25) is 0 Å². The maximum absolute atomic E-state index is 13.0. The number of hydrogen-bond acceptors (Lipinski definition) is 3. The highest BCUT2D eigenvalue weighted by Crippen LogP contribution is 2.24. The Morgan fingerprint density at radius 3 is 2.45 bits per heavy atom. The van der Waals surface area contributed by atoms with Crippen LogP contribution in [-0.2, 0) is 19.5 Å². The van der Waals surface area contributed by atoms with Crippen LogP contribution < -0.4 is 5.69 Å². The van der Waals surface area contributed by atoms with Crippen LogP contribution in [0.25, 0.3) is 11.1 Å². The SMILES string of the molecule is CCCCn1nc(CCC(C)C)n(Cc2ccc(-c3ccccc3C(=O)O)cc2)c1=O. The van der Waals surface area contributed by atoms with E-state index in [1.165, 1.54) is 0 Å². The minimum absolute atomic E-state index is 0.0625. The van der Waals surface area contributed by atoms with Gasteiger partial charge >= 0.3 is 11.7 Å². The van der Waals surface area contributed by atoms with Gasteiger partial charge in [-0.1, -0.05) is 69.7 Å². The van der Waals surface area contributed by atoms with E-state index >= 15 is 0 Å². The zero-order valence-electron chi connectivity index (χ0n) is 18.5. The first-order chi connectivity index (χ1) is 14.9. The quantitative estimate of drug-likeness (QED) is 0.508. The van der Waals surface area contributed by atoms with E-state index in [1.807, 2.05) is 36.4 Å². The third-order valence-corrected chi connectivity index (χ3v) is 5.43. The second kappa shape index (κ2) is 10.2. The van der Waals surface area contributed by atoms with Crippen molar-refractivity contribution in [3.8, 4) is 11.1 Å². The van der Waals surface area contributed by atoms with Crippen LogP contribution in [0.1, 0.15) is 61.8 Å². The molecule has 6 heteroatoms. The van der Waals surface area contributed by atoms with Gasteiger partial charge < -0.3 is 5.11 Å². The number of nitrogens with zero attached hydrogens (tertiary/aromatic N) is 3. The Morgan fingerprint density at radius 1 is 1.10 bits per heavy atom. The highest BCUT2D eigenvalue weighted by atomic mass is 16.4. The van der Waals surface area contributed by atoms with E-state index in [4.69, 9.17) is 0 Å². The topological polar surface area (TPSA) is 77.1 Å². The van der Waals surface area contributed by atoms with Crippen molar-refractivity contribution in [3.05, 3.63) is 76.0 Å². The first-order valence-electron chi connectivity index (χ1n) is 11.0. The van der Waals surface area contributed by atoms with Crippen LogP contribution in [0.15, 0.2) is 53.3 Å². The Morgan fingerprint density at radius 2 is 1.81 bits per heavy atom. The van der Waals surface area contributed by atoms with Crippen molar-refractivity contribution >= 4 is 5.97 Å². The highest BCUT2D eigenvalue weighted by Gasteiger charge is 2.15. The summed E-state index contributed by atoms with van der Waals surface area (Å²) in [6.45, 7) is 7.54. The van der Waals surface area contributed by atoms with Gasteiger partial charge in [-0.2, -0.15) is 5.10 Å². The minimum Gasteiger partial charge on any atom is -0.478 e. The Kier molecular flexibility index (Phi) is 7.45. The summed E-state index contributed by atoms with van der Waals surface area (Å²) in [5, 5.41) is 14.1. The number of unbranched alkanes of at least 4 members (excludes halogenated alkanes) is 1. The molecule has 6 nitrogen and oxygen atoms in total. The van der Waals surface area contributed by atoms with Gasteiger partial charge in [0.1, 0.15) is 5.82 Å². The molecule has 1 N–H and O–H groups in total. The zero-order valence-corrected chi connectivity index (χ0v) is 18.5. The number of carboxylic acids is 1. The number of aromatic carboxylic acids is 1. The Bertz CT molecular complexity index is 1080. The second-order valence-electron chi connectivity index (χ2n) is 8.34. The van der Waals surface area contributed by atoms with E-state index in [2.05, 4.69) is 25.9 Å². The molecule has 0 radical (unpaired) electrons. The lowest BCUT2D eigenvalue weighted by Gasteiger charge is -2.09. The lowest BCUT2D eigenvalue weighted by atomic mass is 9.99. The fourth-order valence-corrected chi connectivity index (χ4v) is 3.59. The van der Waals surface area contributed by atoms with Crippen molar-refractivity contribution in [3.63, 3.8) is 0 Å². The van der Waals surface area contributed by atoms with Gasteiger partial charge in [-0.25, -0.2) is 14.3 Å². The lowest BCUT2D eigenvalue weighted by Crippen LogP contribution is -2.26. The van der Waals surface area contributed by atoms with Crippen molar-refractivity contribution in [1.82, 2.24) is 14.3 Å². The number of carboxylic acid groups (broad SMARTS) is 1. The summed E-state index contributed by atoms with van der Waals surface area (Å²) in [6.07, 6.45) is 3.70. The number of hydrogen-bond donors (Lipinski definition) is 1. The van der Waals surface area contributed by atoms with E-state index < -0.39 is 5.97 Å². The summed E-state index contributed by atoms with van der Waals surface area (Å²) in [5.74, 6) is 0.425. The van der Waals surface area contributed by atoms with E-state index in [9.17, 15) is 14.7 Å². The molecule has 1 aromatic heterocycles. The van der Waals surface area contributed by atoms with Crippen LogP contribution in [0.5, 0.6) is 0 Å². The van der Waals surface area contributed by atoms with Crippen LogP contribution in [0.3, 0.4) is 0 Å². The number of aryl methyl sites for hydroxylation is 2. The van der Waals surface area contributed by atoms with E-state index in [0.717, 1.165) is 42.6 Å². The molecular weight excluding hydrogens is 390 g/mol. The molecule has 3 aromatic rings. The molecule has 0 unspecified atom stereocenters. The molecule has 0 amide bonds. The van der Waals surface area contributed by atoms with Crippen LogP contribution in [-0.4, -0.2) is 25.4 Å². The molecule has 0 bridgehead atoms. The molecule has 31 heavy (non-hydrogen) atoms. The molecule has 0 saturated heterocycles. The molecule has 0 aliphatic carbocycles. The number of carbonyl (C=O) groups is 1. The average Bonchev–Trinajstić information content (AvgIpc) is 3.06. The summed E-state index contributed by atoms with van der Waals surface area (Å²) >= 11 is 0. The lowest BCUT2D eigenvalue weighted by molar-refractivity contribution is 0.0697. The third-order valence-electron chi connectivity index (χ3n) is 5.43. The van der Waals surface area contributed by atoms with Crippen LogP contribution >= 0.6 is 0 Å². The summed E-state index contributed by atoms with van der Waals surface area (Å²) < 4.78 is 3.37. The largest absolute Gasteiger partial charge is 0.478 e. The van der Waals surface area contributed by atoms with Crippen LogP contribution in [0.2, 0.25) is 0 Å². The fraction of sp³-hybridized carbons (Fsp3) is 0.400. The summed E-state index contributed by atoms with van der Waals surface area (Å²) in [6, 6.07) is 14.7. The van der Waals surface area contributed by atoms with Gasteiger partial charge in [-0.15, -0.1) is 0 Å². The van der Waals surface area contributed by atoms with Crippen molar-refractivity contribution in [1.29, 1.82) is 0 Å². The smallest absolute Gasteiger partial charge is 0.346 e. The summed E-state index contributed by atoms with van der Waals surface area (Å²) in [7, 11) is 0. The first kappa shape index (κ1) is 22.5. The van der Waals surface area contributed by atoms with E-state index in [0.29, 0.717) is 24.6 Å². The molecule has 0 spiro atoms. The Labute approximate surface area is 183 Å². The van der Waals surface area contributed by atoms with E-state index in [-0.39, 0.29) is 11.3 Å². The van der Waals surface area contributed by atoms with Crippen molar-refractivity contribution < 1.29 is 9.90 Å². The molecule has 0 aliphatic heterocycles. The van der Waals surface area contributed by atoms with Crippen molar-refractivity contribution in [2.24, 2.45) is 5.92 Å². The van der Waals surface area contributed by atoms with Crippen molar-refractivity contribution in [2.45, 2.75) is 59.5 Å². The molecule has 1 heterocycles. The van der Waals surface area contributed by atoms with Gasteiger partial charge in [0, 0.05) is 13.0 Å². The number of benzene rings is 2. The maximum Gasteiger partial charge on any atom is 0.346 e. The minimum atomic E-state index is -0.944. The van der Waals surface area contributed by atoms with Gasteiger partial charge in [-0.05, 0) is 41.5 Å². The van der Waals surface area contributed by atoms with Gasteiger partial charge in [0.25, 0.3) is 0 Å². The predicted octanol–water partition coefficient (Wildman–Crippen LogP) is 4.85. The normalized spacial score (nSPS) is 11.2. The van der Waals surface area contributed by atoms with Crippen LogP contribution in [0.4, 0.5) is 0 Å². The predicted molar refractivity (Wildman–Crippen MR) is 122 cm³/mol. The molecule has 0 saturated carbocycles. The van der Waals surface area contributed by atoms with Gasteiger partial charge in [0.05, 0.1) is 12.1 Å². The molecular formula is C25H31N3O3. The zero-order chi connectivity index (χ0) is 22.4. The monoisotopic (exact) mass is 421 g/mol. The molecule has 0 fully saturated rings. The number of aromatic nitrogens is 3. The number of rotatable bonds is 10. The third kappa shape index (κ3) is 5.51. The van der Waals surface area contributed by atoms with E-state index in [1.54, 1.807) is 21.4 Å². The summed E-state index contributed by atoms with van der Waals surface area (Å²) in [5.41, 5.74) is 2.73. The standard InChI is InChI=1S/C25H31N3O3/c1-4-5-16-28-25(31)27(23(26-28)15-10-18(2)3)17-19-11-13-20(14-12-19)21-8-6-7-9-22(21)24(29)30/h6-9,11-14,18H,4-5,10,15-17H2,1-3H3,(H,29,30). The molecule has 0 atom stereocenters. The maximum atomic E-state index is 13.0. The van der Waals surface area contributed by atoms with Crippen molar-refractivity contribution in [2.75, 3.05) is 0 Å². The first-order valence-corrected chi connectivity index (χ1v) is 11.0. The highest BCUT2D eigenvalue weighted by molar-refractivity contribution is 5.95. The fourth-order valence-electron chi connectivity index (χ4n) is 3.59. The molecule has 0 aliphatic rings. The molecule has 3 rings (SSSR count). The molecule has 164 valence electrons. The summed E-state index contributed by atoms with van der Waals surface area (Å²) in [4.78, 5) is 24.5. The second-order valence-corrected chi connectivity index (χ2v) is 8.34. The van der Waals surface area contributed by atoms with Gasteiger partial charge in [-0.3, -0.25) is 4.57 Å². The average molecular weight is 422 g/mol. The van der Waals surface area contributed by atoms with Crippen LogP contribution in [0, 0.1) is 5.92 Å².